The molecule has 0 spiro atoms. The molecule has 0 bridgehead atoms. The molecule has 0 amide bonds. The molecule has 0 fully saturated rings. The van der Waals surface area contributed by atoms with E-state index in [4.69, 9.17) is 9.72 Å². The number of fused-ring (bicyclic) bond motifs is 1. The number of rotatable bonds is 7. The second-order valence-electron chi connectivity index (χ2n) is 7.96. The van der Waals surface area contributed by atoms with Gasteiger partial charge in [-0.05, 0) is 41.7 Å². The van der Waals surface area contributed by atoms with Crippen molar-refractivity contribution < 1.29 is 9.13 Å². The molecule has 0 radical (unpaired) electrons. The van der Waals surface area contributed by atoms with Gasteiger partial charge in [0, 0.05) is 23.9 Å². The first kappa shape index (κ1) is 20.8. The van der Waals surface area contributed by atoms with E-state index in [-0.39, 0.29) is 11.7 Å². The maximum Gasteiger partial charge on any atom is 0.225 e. The second-order valence-corrected chi connectivity index (χ2v) is 7.96. The fraction of sp³-hybridized carbons (Fsp3) is 0.292. The standard InChI is InChI=1S/C24H26FN5O/c1-15(2)21-14-28-30-23(21)10-22(18-9-19(25)13-26-12-18)29-24(30)27-11-16(3)17-5-7-20(31-4)8-6-17/h5-10,12-16H,11H2,1-4H3,(H,27,29). The van der Waals surface area contributed by atoms with Gasteiger partial charge in [-0.25, -0.2) is 13.9 Å². The Morgan fingerprint density at radius 1 is 1.06 bits per heavy atom. The number of nitrogens with one attached hydrogen (secondary N) is 1. The quantitative estimate of drug-likeness (QED) is 0.442. The zero-order valence-electron chi connectivity index (χ0n) is 18.1. The van der Waals surface area contributed by atoms with E-state index in [0.29, 0.717) is 29.7 Å². The van der Waals surface area contributed by atoms with Crippen LogP contribution in [0, 0.1) is 5.82 Å². The number of hydrogen-bond donors (Lipinski definition) is 1. The van der Waals surface area contributed by atoms with Crippen LogP contribution in [0.3, 0.4) is 0 Å². The Morgan fingerprint density at radius 2 is 1.84 bits per heavy atom. The SMILES string of the molecule is COc1ccc(C(C)CNc2nc(-c3cncc(F)c3)cc3c(C(C)C)cnn23)cc1. The number of hydrogen-bond acceptors (Lipinski definition) is 5. The molecule has 1 unspecified atom stereocenters. The van der Waals surface area contributed by atoms with Crippen LogP contribution in [0.15, 0.2) is 55.0 Å². The van der Waals surface area contributed by atoms with E-state index in [1.165, 1.54) is 17.8 Å². The summed E-state index contributed by atoms with van der Waals surface area (Å²) in [5.74, 6) is 1.59. The fourth-order valence-electron chi connectivity index (χ4n) is 3.56. The predicted molar refractivity (Wildman–Crippen MR) is 120 cm³/mol. The van der Waals surface area contributed by atoms with Crippen molar-refractivity contribution in [3.05, 3.63) is 71.9 Å². The Labute approximate surface area is 181 Å². The van der Waals surface area contributed by atoms with Gasteiger partial charge in [-0.2, -0.15) is 5.10 Å². The number of ether oxygens (including phenoxy) is 1. The van der Waals surface area contributed by atoms with Gasteiger partial charge in [0.2, 0.25) is 5.95 Å². The normalized spacial score (nSPS) is 12.3. The van der Waals surface area contributed by atoms with Crippen molar-refractivity contribution in [2.45, 2.75) is 32.6 Å². The summed E-state index contributed by atoms with van der Waals surface area (Å²) in [6.07, 6.45) is 4.68. The van der Waals surface area contributed by atoms with Crippen molar-refractivity contribution in [1.82, 2.24) is 19.6 Å². The average Bonchev–Trinajstić information content (AvgIpc) is 3.22. The van der Waals surface area contributed by atoms with Crippen molar-refractivity contribution in [1.29, 1.82) is 0 Å². The molecule has 0 aliphatic carbocycles. The molecule has 31 heavy (non-hydrogen) atoms. The van der Waals surface area contributed by atoms with E-state index in [1.54, 1.807) is 13.3 Å². The third-order valence-electron chi connectivity index (χ3n) is 5.41. The Balaban J connectivity index is 1.68. The highest BCUT2D eigenvalue weighted by molar-refractivity contribution is 5.69. The molecule has 0 aliphatic heterocycles. The average molecular weight is 420 g/mol. The van der Waals surface area contributed by atoms with E-state index in [0.717, 1.165) is 16.8 Å². The lowest BCUT2D eigenvalue weighted by atomic mass is 10.0. The lowest BCUT2D eigenvalue weighted by Gasteiger charge is -2.16. The molecule has 0 aliphatic rings. The minimum absolute atomic E-state index is 0.238. The molecule has 6 nitrogen and oxygen atoms in total. The van der Waals surface area contributed by atoms with Crippen molar-refractivity contribution in [3.63, 3.8) is 0 Å². The van der Waals surface area contributed by atoms with Gasteiger partial charge in [0.05, 0.1) is 30.7 Å². The largest absolute Gasteiger partial charge is 0.497 e. The minimum Gasteiger partial charge on any atom is -0.497 e. The van der Waals surface area contributed by atoms with Crippen molar-refractivity contribution in [3.8, 4) is 17.0 Å². The van der Waals surface area contributed by atoms with Gasteiger partial charge in [-0.15, -0.1) is 0 Å². The van der Waals surface area contributed by atoms with Crippen LogP contribution in [0.4, 0.5) is 10.3 Å². The first-order chi connectivity index (χ1) is 15.0. The Bertz CT molecular complexity index is 1190. The summed E-state index contributed by atoms with van der Waals surface area (Å²) >= 11 is 0. The topological polar surface area (TPSA) is 64.3 Å². The molecule has 3 aromatic heterocycles. The molecule has 3 heterocycles. The first-order valence-electron chi connectivity index (χ1n) is 10.3. The van der Waals surface area contributed by atoms with Crippen LogP contribution >= 0.6 is 0 Å². The smallest absolute Gasteiger partial charge is 0.225 e. The molecule has 4 aromatic rings. The van der Waals surface area contributed by atoms with E-state index >= 15 is 0 Å². The highest BCUT2D eigenvalue weighted by Gasteiger charge is 2.16. The van der Waals surface area contributed by atoms with Crippen LogP contribution in [0.5, 0.6) is 5.75 Å². The number of benzene rings is 1. The molecule has 1 N–H and O–H groups in total. The van der Waals surface area contributed by atoms with Crippen LogP contribution in [-0.4, -0.2) is 33.2 Å². The lowest BCUT2D eigenvalue weighted by molar-refractivity contribution is 0.414. The molecule has 7 heteroatoms. The Hall–Kier alpha value is -3.48. The van der Waals surface area contributed by atoms with E-state index < -0.39 is 0 Å². The number of anilines is 1. The zero-order valence-corrected chi connectivity index (χ0v) is 18.1. The van der Waals surface area contributed by atoms with E-state index in [9.17, 15) is 4.39 Å². The third kappa shape index (κ3) is 4.35. The molecular weight excluding hydrogens is 393 g/mol. The predicted octanol–water partition coefficient (Wildman–Crippen LogP) is 5.28. The number of pyridine rings is 1. The first-order valence-corrected chi connectivity index (χ1v) is 10.3. The number of halogens is 1. The molecule has 0 saturated heterocycles. The van der Waals surface area contributed by atoms with Gasteiger partial charge in [0.25, 0.3) is 0 Å². The van der Waals surface area contributed by atoms with Gasteiger partial charge < -0.3 is 10.1 Å². The van der Waals surface area contributed by atoms with Gasteiger partial charge in [0.15, 0.2) is 0 Å². The maximum atomic E-state index is 13.8. The molecule has 4 rings (SSSR count). The number of methoxy groups -OCH3 is 1. The molecule has 160 valence electrons. The highest BCUT2D eigenvalue weighted by atomic mass is 19.1. The summed E-state index contributed by atoms with van der Waals surface area (Å²) in [7, 11) is 1.66. The molecule has 1 atom stereocenters. The van der Waals surface area contributed by atoms with Gasteiger partial charge in [-0.1, -0.05) is 32.9 Å². The van der Waals surface area contributed by atoms with Gasteiger partial charge in [-0.3, -0.25) is 4.98 Å². The van der Waals surface area contributed by atoms with Gasteiger partial charge >= 0.3 is 0 Å². The van der Waals surface area contributed by atoms with Gasteiger partial charge in [0.1, 0.15) is 11.6 Å². The monoisotopic (exact) mass is 419 g/mol. The summed E-state index contributed by atoms with van der Waals surface area (Å²) in [5.41, 5.74) is 4.53. The molecule has 1 aromatic carbocycles. The molecule has 0 saturated carbocycles. The number of nitrogens with zero attached hydrogens (tertiary/aromatic N) is 4. The van der Waals surface area contributed by atoms with Crippen LogP contribution in [0.2, 0.25) is 0 Å². The maximum absolute atomic E-state index is 13.8. The van der Waals surface area contributed by atoms with E-state index in [2.05, 4.69) is 48.3 Å². The summed E-state index contributed by atoms with van der Waals surface area (Å²) in [6.45, 7) is 7.06. The summed E-state index contributed by atoms with van der Waals surface area (Å²) in [5, 5.41) is 7.99. The zero-order chi connectivity index (χ0) is 22.0. The third-order valence-corrected chi connectivity index (χ3v) is 5.41. The van der Waals surface area contributed by atoms with Crippen molar-refractivity contribution in [2.75, 3.05) is 19.0 Å². The fourth-order valence-corrected chi connectivity index (χ4v) is 3.56. The summed E-state index contributed by atoms with van der Waals surface area (Å²) < 4.78 is 20.8. The highest BCUT2D eigenvalue weighted by Crippen LogP contribution is 2.28. The minimum atomic E-state index is -0.389. The van der Waals surface area contributed by atoms with Crippen LogP contribution in [-0.2, 0) is 0 Å². The van der Waals surface area contributed by atoms with Crippen molar-refractivity contribution >= 4 is 11.5 Å². The van der Waals surface area contributed by atoms with E-state index in [1.807, 2.05) is 28.9 Å². The summed E-state index contributed by atoms with van der Waals surface area (Å²) in [4.78, 5) is 8.72. The van der Waals surface area contributed by atoms with Crippen LogP contribution < -0.4 is 10.1 Å². The summed E-state index contributed by atoms with van der Waals surface area (Å²) in [6, 6.07) is 11.4. The van der Waals surface area contributed by atoms with Crippen LogP contribution in [0.25, 0.3) is 16.8 Å². The second kappa shape index (κ2) is 8.71. The number of aromatic nitrogens is 4. The Morgan fingerprint density at radius 3 is 2.52 bits per heavy atom. The molecular formula is C24H26FN5O. The van der Waals surface area contributed by atoms with Crippen molar-refractivity contribution in [2.24, 2.45) is 0 Å². The lowest BCUT2D eigenvalue weighted by Crippen LogP contribution is -2.14. The Kier molecular flexibility index (Phi) is 5.84. The van der Waals surface area contributed by atoms with Crippen LogP contribution in [0.1, 0.15) is 43.7 Å².